The summed E-state index contributed by atoms with van der Waals surface area (Å²) in [5.41, 5.74) is 4.71. The van der Waals surface area contributed by atoms with Crippen molar-refractivity contribution in [3.05, 3.63) is 71.3 Å². The minimum absolute atomic E-state index is 0.130. The summed E-state index contributed by atoms with van der Waals surface area (Å²) < 4.78 is 5.93. The number of benzene rings is 3. The molecule has 0 aromatic heterocycles. The molecule has 3 nitrogen and oxygen atoms in total. The van der Waals surface area contributed by atoms with Crippen molar-refractivity contribution in [3.63, 3.8) is 0 Å². The smallest absolute Gasteiger partial charge is 0.265 e. The Balaban J connectivity index is 1.56. The Bertz CT molecular complexity index is 967. The van der Waals surface area contributed by atoms with Crippen LogP contribution in [0.2, 0.25) is 0 Å². The van der Waals surface area contributed by atoms with Crippen LogP contribution in [0.5, 0.6) is 5.75 Å². The molecule has 3 aromatic carbocycles. The fourth-order valence-corrected chi connectivity index (χ4v) is 3.75. The van der Waals surface area contributed by atoms with Crippen LogP contribution in [0.25, 0.3) is 10.8 Å². The van der Waals surface area contributed by atoms with E-state index in [1.807, 2.05) is 30.3 Å². The Morgan fingerprint density at radius 3 is 2.62 bits per heavy atom. The van der Waals surface area contributed by atoms with E-state index >= 15 is 0 Å². The highest BCUT2D eigenvalue weighted by atomic mass is 16.5. The second-order valence-electron chi connectivity index (χ2n) is 6.82. The molecule has 4 rings (SSSR count). The van der Waals surface area contributed by atoms with Gasteiger partial charge in [0.25, 0.3) is 5.91 Å². The number of carbonyl (C=O) groups excluding carboxylic acids is 1. The molecule has 0 saturated carbocycles. The number of anilines is 1. The van der Waals surface area contributed by atoms with E-state index in [-0.39, 0.29) is 5.91 Å². The Morgan fingerprint density at radius 1 is 1.04 bits per heavy atom. The van der Waals surface area contributed by atoms with E-state index in [9.17, 15) is 4.79 Å². The van der Waals surface area contributed by atoms with Gasteiger partial charge in [-0.3, -0.25) is 4.79 Å². The molecule has 1 atom stereocenters. The van der Waals surface area contributed by atoms with Crippen molar-refractivity contribution in [1.82, 2.24) is 0 Å². The zero-order valence-electron chi connectivity index (χ0n) is 15.2. The first-order valence-electron chi connectivity index (χ1n) is 9.26. The quantitative estimate of drug-likeness (QED) is 0.714. The second-order valence-corrected chi connectivity index (χ2v) is 6.82. The van der Waals surface area contributed by atoms with Crippen LogP contribution in [-0.2, 0) is 24.1 Å². The Hall–Kier alpha value is -2.81. The fourth-order valence-electron chi connectivity index (χ4n) is 3.75. The number of nitrogens with one attached hydrogen (secondary N) is 1. The maximum absolute atomic E-state index is 12.7. The monoisotopic (exact) mass is 345 g/mol. The van der Waals surface area contributed by atoms with Gasteiger partial charge >= 0.3 is 0 Å². The molecule has 0 saturated heterocycles. The maximum Gasteiger partial charge on any atom is 0.265 e. The molecule has 1 N–H and O–H groups in total. The van der Waals surface area contributed by atoms with E-state index in [0.717, 1.165) is 41.6 Å². The average Bonchev–Trinajstić information content (AvgIpc) is 3.09. The second kappa shape index (κ2) is 6.83. The molecule has 0 spiro atoms. The number of rotatable bonds is 5. The summed E-state index contributed by atoms with van der Waals surface area (Å²) in [6, 6.07) is 18.3. The third-order valence-corrected chi connectivity index (χ3v) is 5.16. The third kappa shape index (κ3) is 2.94. The zero-order chi connectivity index (χ0) is 18.1. The van der Waals surface area contributed by atoms with Gasteiger partial charge in [-0.15, -0.1) is 0 Å². The summed E-state index contributed by atoms with van der Waals surface area (Å²) in [5, 5.41) is 5.48. The lowest BCUT2D eigenvalue weighted by molar-refractivity contribution is -0.122. The van der Waals surface area contributed by atoms with Crippen LogP contribution in [0.1, 0.15) is 30.5 Å². The van der Waals surface area contributed by atoms with Gasteiger partial charge in [0.05, 0.1) is 0 Å². The summed E-state index contributed by atoms with van der Waals surface area (Å²) in [4.78, 5) is 12.7. The standard InChI is InChI=1S/C23H23NO2/c1-3-16-7-4-5-10-21(16)26-15(2)23(25)24-20-14-13-18-12-11-17-8-6-9-19(20)22(17)18/h4-10,13-15H,3,11-12H2,1-2H3,(H,24,25). The molecule has 26 heavy (non-hydrogen) atoms. The third-order valence-electron chi connectivity index (χ3n) is 5.16. The lowest BCUT2D eigenvalue weighted by atomic mass is 10.0. The van der Waals surface area contributed by atoms with Crippen LogP contribution in [0, 0.1) is 0 Å². The van der Waals surface area contributed by atoms with E-state index in [0.29, 0.717) is 0 Å². The van der Waals surface area contributed by atoms with Gasteiger partial charge in [0, 0.05) is 11.1 Å². The molecule has 3 aromatic rings. The number of para-hydroxylation sites is 1. The molecule has 1 amide bonds. The fraction of sp³-hybridized carbons (Fsp3) is 0.261. The van der Waals surface area contributed by atoms with Gasteiger partial charge in [0.2, 0.25) is 0 Å². The summed E-state index contributed by atoms with van der Waals surface area (Å²) in [7, 11) is 0. The normalized spacial score (nSPS) is 13.6. The van der Waals surface area contributed by atoms with Crippen LogP contribution < -0.4 is 10.1 Å². The number of ether oxygens (including phenoxy) is 1. The number of hydrogen-bond acceptors (Lipinski definition) is 2. The van der Waals surface area contributed by atoms with Gasteiger partial charge in [-0.25, -0.2) is 0 Å². The lowest BCUT2D eigenvalue weighted by Gasteiger charge is -2.18. The van der Waals surface area contributed by atoms with Gasteiger partial charge in [-0.05, 0) is 60.4 Å². The van der Waals surface area contributed by atoms with Gasteiger partial charge < -0.3 is 10.1 Å². The van der Waals surface area contributed by atoms with E-state index in [4.69, 9.17) is 4.74 Å². The SMILES string of the molecule is CCc1ccccc1OC(C)C(=O)Nc1ccc2c3c(cccc13)CC2. The molecule has 0 fully saturated rings. The van der Waals surface area contributed by atoms with Crippen LogP contribution in [0.3, 0.4) is 0 Å². The summed E-state index contributed by atoms with van der Waals surface area (Å²) >= 11 is 0. The van der Waals surface area contributed by atoms with Gasteiger partial charge in [0.1, 0.15) is 5.75 Å². The highest BCUT2D eigenvalue weighted by Crippen LogP contribution is 2.35. The zero-order valence-corrected chi connectivity index (χ0v) is 15.2. The number of hydrogen-bond donors (Lipinski definition) is 1. The Labute approximate surface area is 154 Å². The lowest BCUT2D eigenvalue weighted by Crippen LogP contribution is -2.30. The topological polar surface area (TPSA) is 38.3 Å². The molecule has 0 aliphatic heterocycles. The molecule has 0 radical (unpaired) electrons. The van der Waals surface area contributed by atoms with Gasteiger partial charge in [-0.1, -0.05) is 49.4 Å². The molecule has 1 aliphatic rings. The van der Waals surface area contributed by atoms with Crippen molar-refractivity contribution in [2.75, 3.05) is 5.32 Å². The molecule has 3 heteroatoms. The predicted molar refractivity (Wildman–Crippen MR) is 106 cm³/mol. The van der Waals surface area contributed by atoms with Gasteiger partial charge in [0.15, 0.2) is 6.10 Å². The van der Waals surface area contributed by atoms with Crippen molar-refractivity contribution in [2.45, 2.75) is 39.2 Å². The van der Waals surface area contributed by atoms with Crippen LogP contribution >= 0.6 is 0 Å². The molecular weight excluding hydrogens is 322 g/mol. The van der Waals surface area contributed by atoms with Gasteiger partial charge in [-0.2, -0.15) is 0 Å². The van der Waals surface area contributed by atoms with Crippen molar-refractivity contribution in [3.8, 4) is 5.75 Å². The largest absolute Gasteiger partial charge is 0.481 e. The molecular formula is C23H23NO2. The summed E-state index contributed by atoms with van der Waals surface area (Å²) in [5.74, 6) is 0.646. The Kier molecular flexibility index (Phi) is 4.37. The first-order chi connectivity index (χ1) is 12.7. The molecule has 0 heterocycles. The first-order valence-corrected chi connectivity index (χ1v) is 9.26. The van der Waals surface area contributed by atoms with Crippen molar-refractivity contribution < 1.29 is 9.53 Å². The number of amides is 1. The molecule has 0 bridgehead atoms. The van der Waals surface area contributed by atoms with E-state index in [1.54, 1.807) is 6.92 Å². The van der Waals surface area contributed by atoms with E-state index in [1.165, 1.54) is 16.5 Å². The van der Waals surface area contributed by atoms with Crippen LogP contribution in [0.4, 0.5) is 5.69 Å². The van der Waals surface area contributed by atoms with Crippen molar-refractivity contribution in [2.24, 2.45) is 0 Å². The minimum Gasteiger partial charge on any atom is -0.481 e. The van der Waals surface area contributed by atoms with Crippen molar-refractivity contribution >= 4 is 22.4 Å². The maximum atomic E-state index is 12.7. The number of aryl methyl sites for hydroxylation is 3. The van der Waals surface area contributed by atoms with E-state index in [2.05, 4.69) is 36.5 Å². The van der Waals surface area contributed by atoms with E-state index < -0.39 is 6.10 Å². The Morgan fingerprint density at radius 2 is 1.81 bits per heavy atom. The molecule has 1 unspecified atom stereocenters. The summed E-state index contributed by atoms with van der Waals surface area (Å²) in [6.45, 7) is 3.88. The average molecular weight is 345 g/mol. The molecule has 132 valence electrons. The van der Waals surface area contributed by atoms with Crippen LogP contribution in [-0.4, -0.2) is 12.0 Å². The predicted octanol–water partition coefficient (Wildman–Crippen LogP) is 4.91. The summed E-state index contributed by atoms with van der Waals surface area (Å²) in [6.07, 6.45) is 2.47. The highest BCUT2D eigenvalue weighted by molar-refractivity contribution is 6.06. The van der Waals surface area contributed by atoms with Crippen LogP contribution in [0.15, 0.2) is 54.6 Å². The van der Waals surface area contributed by atoms with Crippen molar-refractivity contribution in [1.29, 1.82) is 0 Å². The first kappa shape index (κ1) is 16.6. The highest BCUT2D eigenvalue weighted by Gasteiger charge is 2.20. The molecule has 1 aliphatic carbocycles. The minimum atomic E-state index is -0.564. The number of carbonyl (C=O) groups is 1.